The fourth-order valence-corrected chi connectivity index (χ4v) is 3.78. The van der Waals surface area contributed by atoms with E-state index in [0.717, 1.165) is 24.8 Å². The number of hydrogen-bond acceptors (Lipinski definition) is 4. The number of rotatable bonds is 2. The highest BCUT2D eigenvalue weighted by atomic mass is 16.3. The Labute approximate surface area is 139 Å². The lowest BCUT2D eigenvalue weighted by atomic mass is 9.82. The van der Waals surface area contributed by atoms with Crippen LogP contribution in [0.1, 0.15) is 41.1 Å². The molecule has 1 spiro atoms. The zero-order valence-corrected chi connectivity index (χ0v) is 13.3. The second-order valence-corrected chi connectivity index (χ2v) is 6.61. The number of nitrogens with zero attached hydrogens (tertiary/aromatic N) is 2. The molecule has 124 valence electrons. The lowest BCUT2D eigenvalue weighted by molar-refractivity contribution is -0.121. The average molecular weight is 325 g/mol. The molecule has 24 heavy (non-hydrogen) atoms. The molecule has 2 aromatic rings. The van der Waals surface area contributed by atoms with Crippen LogP contribution in [0.25, 0.3) is 0 Å². The van der Waals surface area contributed by atoms with Crippen LogP contribution in [-0.2, 0) is 4.79 Å². The highest BCUT2D eigenvalue weighted by Crippen LogP contribution is 2.39. The summed E-state index contributed by atoms with van der Waals surface area (Å²) in [5.74, 6) is -0.0476. The van der Waals surface area contributed by atoms with E-state index in [2.05, 4.69) is 10.3 Å². The molecule has 0 radical (unpaired) electrons. The van der Waals surface area contributed by atoms with Crippen LogP contribution in [0, 0.1) is 0 Å². The van der Waals surface area contributed by atoms with Crippen molar-refractivity contribution in [2.75, 3.05) is 13.1 Å². The van der Waals surface area contributed by atoms with Crippen molar-refractivity contribution in [3.8, 4) is 0 Å². The number of carbonyl (C=O) groups excluding carboxylic acids is 2. The predicted octanol–water partition coefficient (Wildman–Crippen LogP) is 1.95. The van der Waals surface area contributed by atoms with Crippen molar-refractivity contribution in [2.45, 2.75) is 30.7 Å². The molecule has 4 rings (SSSR count). The van der Waals surface area contributed by atoms with E-state index >= 15 is 0 Å². The van der Waals surface area contributed by atoms with Gasteiger partial charge in [-0.1, -0.05) is 0 Å². The van der Waals surface area contributed by atoms with Crippen LogP contribution in [0.4, 0.5) is 0 Å². The van der Waals surface area contributed by atoms with Crippen molar-refractivity contribution in [2.24, 2.45) is 0 Å². The molecule has 2 aromatic heterocycles. The Hall–Kier alpha value is -2.63. The number of pyridine rings is 1. The lowest BCUT2D eigenvalue weighted by Gasteiger charge is -2.39. The molecule has 1 unspecified atom stereocenters. The number of aromatic nitrogens is 1. The van der Waals surface area contributed by atoms with Crippen molar-refractivity contribution in [1.82, 2.24) is 15.2 Å². The zero-order valence-electron chi connectivity index (χ0n) is 13.3. The Kier molecular flexibility index (Phi) is 3.59. The van der Waals surface area contributed by atoms with E-state index in [-0.39, 0.29) is 23.3 Å². The molecular formula is C18H19N3O3. The van der Waals surface area contributed by atoms with Gasteiger partial charge in [0.2, 0.25) is 5.91 Å². The van der Waals surface area contributed by atoms with E-state index in [1.54, 1.807) is 18.5 Å². The van der Waals surface area contributed by atoms with E-state index in [9.17, 15) is 9.59 Å². The quantitative estimate of drug-likeness (QED) is 0.916. The first-order valence-electron chi connectivity index (χ1n) is 8.20. The van der Waals surface area contributed by atoms with Gasteiger partial charge in [0.05, 0.1) is 17.7 Å². The predicted molar refractivity (Wildman–Crippen MR) is 86.3 cm³/mol. The summed E-state index contributed by atoms with van der Waals surface area (Å²) >= 11 is 0. The zero-order chi connectivity index (χ0) is 16.6. The summed E-state index contributed by atoms with van der Waals surface area (Å²) in [6, 6.07) is 5.49. The van der Waals surface area contributed by atoms with E-state index in [1.807, 2.05) is 17.0 Å². The van der Waals surface area contributed by atoms with Gasteiger partial charge in [-0.05, 0) is 43.0 Å². The van der Waals surface area contributed by atoms with Gasteiger partial charge in [-0.2, -0.15) is 0 Å². The molecule has 2 fully saturated rings. The normalized spacial score (nSPS) is 22.6. The third kappa shape index (κ3) is 2.58. The van der Waals surface area contributed by atoms with Gasteiger partial charge in [0.1, 0.15) is 6.26 Å². The summed E-state index contributed by atoms with van der Waals surface area (Å²) in [6.07, 6.45) is 8.77. The number of carbonyl (C=O) groups is 2. The molecule has 0 saturated carbocycles. The number of nitrogens with one attached hydrogen (secondary N) is 1. The van der Waals surface area contributed by atoms with Crippen molar-refractivity contribution >= 4 is 11.8 Å². The topological polar surface area (TPSA) is 75.4 Å². The Morgan fingerprint density at radius 3 is 2.67 bits per heavy atom. The van der Waals surface area contributed by atoms with Crippen LogP contribution in [0.15, 0.2) is 47.5 Å². The molecule has 2 amide bonds. The number of furan rings is 1. The Morgan fingerprint density at radius 2 is 2.00 bits per heavy atom. The number of hydrogen-bond donors (Lipinski definition) is 1. The van der Waals surface area contributed by atoms with Crippen LogP contribution < -0.4 is 5.32 Å². The third-order valence-electron chi connectivity index (χ3n) is 5.18. The molecule has 0 aromatic carbocycles. The number of likely N-dealkylation sites (tertiary alicyclic amines) is 1. The maximum atomic E-state index is 12.4. The minimum Gasteiger partial charge on any atom is -0.472 e. The first-order chi connectivity index (χ1) is 11.7. The van der Waals surface area contributed by atoms with Crippen molar-refractivity contribution < 1.29 is 14.0 Å². The van der Waals surface area contributed by atoms with Gasteiger partial charge < -0.3 is 14.6 Å². The highest BCUT2D eigenvalue weighted by molar-refractivity contribution is 5.94. The van der Waals surface area contributed by atoms with E-state index in [4.69, 9.17) is 4.42 Å². The molecule has 2 aliphatic heterocycles. The van der Waals surface area contributed by atoms with Crippen molar-refractivity contribution in [3.05, 3.63) is 54.2 Å². The minimum absolute atomic E-state index is 0.00592. The number of amides is 2. The summed E-state index contributed by atoms with van der Waals surface area (Å²) in [6.45, 7) is 1.29. The number of piperidine rings is 1. The van der Waals surface area contributed by atoms with Gasteiger partial charge in [-0.3, -0.25) is 14.6 Å². The highest BCUT2D eigenvalue weighted by Gasteiger charge is 2.46. The molecule has 6 nitrogen and oxygen atoms in total. The average Bonchev–Trinajstić information content (AvgIpc) is 3.25. The van der Waals surface area contributed by atoms with E-state index in [1.165, 1.54) is 12.5 Å². The molecule has 4 heterocycles. The standard InChI is InChI=1S/C18H19N3O3/c22-16-15(13-1-6-19-7-2-13)11-18(20-16)4-8-21(9-5-18)17(23)14-3-10-24-12-14/h1-3,6-7,10,12,15H,4-5,8-9,11H2,(H,20,22). The van der Waals surface area contributed by atoms with Gasteiger partial charge in [-0.15, -0.1) is 0 Å². The van der Waals surface area contributed by atoms with Crippen LogP contribution >= 0.6 is 0 Å². The van der Waals surface area contributed by atoms with Crippen LogP contribution in [-0.4, -0.2) is 40.3 Å². The van der Waals surface area contributed by atoms with Crippen molar-refractivity contribution in [3.63, 3.8) is 0 Å². The Bertz CT molecular complexity index is 734. The van der Waals surface area contributed by atoms with Crippen molar-refractivity contribution in [1.29, 1.82) is 0 Å². The Morgan fingerprint density at radius 1 is 1.25 bits per heavy atom. The van der Waals surface area contributed by atoms with Gasteiger partial charge >= 0.3 is 0 Å². The SMILES string of the molecule is O=C1NC2(CCN(C(=O)c3ccoc3)CC2)CC1c1ccncc1. The summed E-state index contributed by atoms with van der Waals surface area (Å²) in [5.41, 5.74) is 1.39. The smallest absolute Gasteiger partial charge is 0.257 e. The largest absolute Gasteiger partial charge is 0.472 e. The fourth-order valence-electron chi connectivity index (χ4n) is 3.78. The second-order valence-electron chi connectivity index (χ2n) is 6.61. The Balaban J connectivity index is 1.44. The molecule has 6 heteroatoms. The second kappa shape index (κ2) is 5.78. The van der Waals surface area contributed by atoms with E-state index < -0.39 is 0 Å². The summed E-state index contributed by atoms with van der Waals surface area (Å²) < 4.78 is 4.99. The minimum atomic E-state index is -0.196. The van der Waals surface area contributed by atoms with Gasteiger partial charge in [0.25, 0.3) is 5.91 Å². The summed E-state index contributed by atoms with van der Waals surface area (Å²) in [5, 5.41) is 3.20. The van der Waals surface area contributed by atoms with Crippen LogP contribution in [0.3, 0.4) is 0 Å². The monoisotopic (exact) mass is 325 g/mol. The van der Waals surface area contributed by atoms with E-state index in [0.29, 0.717) is 18.7 Å². The van der Waals surface area contributed by atoms with Gasteiger partial charge in [-0.25, -0.2) is 0 Å². The van der Waals surface area contributed by atoms with Gasteiger partial charge in [0.15, 0.2) is 0 Å². The summed E-state index contributed by atoms with van der Waals surface area (Å²) in [4.78, 5) is 30.7. The maximum absolute atomic E-state index is 12.4. The first kappa shape index (κ1) is 14.9. The molecular weight excluding hydrogens is 306 g/mol. The van der Waals surface area contributed by atoms with Crippen LogP contribution in [0.5, 0.6) is 0 Å². The lowest BCUT2D eigenvalue weighted by Crippen LogP contribution is -2.52. The first-order valence-corrected chi connectivity index (χ1v) is 8.20. The molecule has 0 bridgehead atoms. The molecule has 1 N–H and O–H groups in total. The molecule has 2 saturated heterocycles. The molecule has 1 atom stereocenters. The fraction of sp³-hybridized carbons (Fsp3) is 0.389. The molecule has 2 aliphatic rings. The van der Waals surface area contributed by atoms with Crippen LogP contribution in [0.2, 0.25) is 0 Å². The molecule has 0 aliphatic carbocycles. The summed E-state index contributed by atoms with van der Waals surface area (Å²) in [7, 11) is 0. The van der Waals surface area contributed by atoms with Gasteiger partial charge in [0, 0.05) is 31.0 Å². The maximum Gasteiger partial charge on any atom is 0.257 e. The third-order valence-corrected chi connectivity index (χ3v) is 5.18.